The van der Waals surface area contributed by atoms with Gasteiger partial charge in [0.25, 0.3) is 6.47 Å². The van der Waals surface area contributed by atoms with Crippen LogP contribution in [0.25, 0.3) is 0 Å². The molecule has 1 unspecified atom stereocenters. The summed E-state index contributed by atoms with van der Waals surface area (Å²) in [6, 6.07) is 0. The molecule has 0 radical (unpaired) electrons. The molecule has 3 N–H and O–H groups in total. The minimum Gasteiger partial charge on any atom is -0.464 e. The number of phosphoric ester groups is 1. The fourth-order valence-electron chi connectivity index (χ4n) is 1.21. The van der Waals surface area contributed by atoms with Crippen LogP contribution < -0.4 is 5.73 Å². The van der Waals surface area contributed by atoms with Crippen molar-refractivity contribution in [2.75, 3.05) is 26.4 Å². The van der Waals surface area contributed by atoms with Gasteiger partial charge in [-0.1, -0.05) is 13.3 Å². The first-order chi connectivity index (χ1) is 9.95. The zero-order valence-electron chi connectivity index (χ0n) is 11.9. The number of carbonyl (C=O) groups excluding carboxylic acids is 2. The molecule has 0 rings (SSSR count). The second kappa shape index (κ2) is 11.6. The monoisotopic (exact) mass is 327 g/mol. The lowest BCUT2D eigenvalue weighted by Crippen LogP contribution is -2.28. The van der Waals surface area contributed by atoms with Gasteiger partial charge in [0.2, 0.25) is 0 Å². The van der Waals surface area contributed by atoms with Gasteiger partial charge in [-0.05, 0) is 6.42 Å². The zero-order valence-corrected chi connectivity index (χ0v) is 12.8. The Morgan fingerprint density at radius 2 is 2.10 bits per heavy atom. The minimum atomic E-state index is -4.27. The van der Waals surface area contributed by atoms with Crippen molar-refractivity contribution in [3.8, 4) is 0 Å². The number of ether oxygens (including phenoxy) is 2. The van der Waals surface area contributed by atoms with Crippen molar-refractivity contribution < 1.29 is 37.6 Å². The Hall–Kier alpha value is -0.990. The molecule has 0 aliphatic heterocycles. The summed E-state index contributed by atoms with van der Waals surface area (Å²) in [5, 5.41) is 0. The molecule has 124 valence electrons. The van der Waals surface area contributed by atoms with Crippen molar-refractivity contribution in [1.29, 1.82) is 0 Å². The largest absolute Gasteiger partial charge is 0.472 e. The number of hydrogen-bond donors (Lipinski definition) is 2. The Bertz CT molecular complexity index is 351. The van der Waals surface area contributed by atoms with Crippen LogP contribution in [0.2, 0.25) is 0 Å². The summed E-state index contributed by atoms with van der Waals surface area (Å²) in [6.45, 7) is 1.27. The Morgan fingerprint density at radius 1 is 1.38 bits per heavy atom. The molecule has 0 heterocycles. The predicted octanol–water partition coefficient (Wildman–Crippen LogP) is 0.354. The van der Waals surface area contributed by atoms with E-state index < -0.39 is 26.5 Å². The standard InChI is InChI=1S/C11H22NO8P/c1-2-3-4-11(14)20-10(7-17-9-13)8-19-21(15,16)18-6-5-12/h9-10H,2-8,12H2,1H3,(H,15,16)/t10-/m1/s1. The van der Waals surface area contributed by atoms with E-state index in [1.165, 1.54) is 0 Å². The molecule has 0 aromatic rings. The Labute approximate surface area is 123 Å². The highest BCUT2D eigenvalue weighted by molar-refractivity contribution is 7.47. The van der Waals surface area contributed by atoms with E-state index in [9.17, 15) is 19.0 Å². The molecule has 0 saturated carbocycles. The van der Waals surface area contributed by atoms with Crippen molar-refractivity contribution in [1.82, 2.24) is 0 Å². The predicted molar refractivity (Wildman–Crippen MR) is 72.2 cm³/mol. The van der Waals surface area contributed by atoms with E-state index in [4.69, 9.17) is 10.5 Å². The molecule has 21 heavy (non-hydrogen) atoms. The number of phosphoric acid groups is 1. The van der Waals surface area contributed by atoms with Gasteiger partial charge in [-0.2, -0.15) is 0 Å². The van der Waals surface area contributed by atoms with Gasteiger partial charge in [0.05, 0.1) is 13.2 Å². The fourth-order valence-corrected chi connectivity index (χ4v) is 1.98. The molecule has 0 saturated heterocycles. The SMILES string of the molecule is CCCCC(=O)O[C@H](COC=O)COP(=O)(O)OCCN. The van der Waals surface area contributed by atoms with Gasteiger partial charge in [0.15, 0.2) is 6.10 Å². The van der Waals surface area contributed by atoms with Crippen molar-refractivity contribution in [3.63, 3.8) is 0 Å². The average molecular weight is 327 g/mol. The smallest absolute Gasteiger partial charge is 0.464 e. The molecule has 0 aliphatic carbocycles. The van der Waals surface area contributed by atoms with Crippen LogP contribution in [-0.2, 0) is 32.7 Å². The van der Waals surface area contributed by atoms with Crippen molar-refractivity contribution in [2.45, 2.75) is 32.3 Å². The highest BCUT2D eigenvalue weighted by Crippen LogP contribution is 2.42. The topological polar surface area (TPSA) is 134 Å². The first kappa shape index (κ1) is 20.0. The summed E-state index contributed by atoms with van der Waals surface area (Å²) in [5.74, 6) is -0.504. The number of hydrogen-bond acceptors (Lipinski definition) is 8. The number of carbonyl (C=O) groups is 2. The highest BCUT2D eigenvalue weighted by Gasteiger charge is 2.25. The van der Waals surface area contributed by atoms with E-state index in [2.05, 4.69) is 13.8 Å². The Balaban J connectivity index is 4.31. The Kier molecular flexibility index (Phi) is 11.1. The number of unbranched alkanes of at least 4 members (excludes halogenated alkanes) is 1. The van der Waals surface area contributed by atoms with E-state index >= 15 is 0 Å². The van der Waals surface area contributed by atoms with Crippen LogP contribution in [0.5, 0.6) is 0 Å². The summed E-state index contributed by atoms with van der Waals surface area (Å²) >= 11 is 0. The number of rotatable bonds is 13. The molecule has 0 spiro atoms. The first-order valence-corrected chi connectivity index (χ1v) is 8.01. The van der Waals surface area contributed by atoms with Gasteiger partial charge in [-0.3, -0.25) is 18.6 Å². The van der Waals surface area contributed by atoms with Crippen molar-refractivity contribution >= 4 is 20.3 Å². The van der Waals surface area contributed by atoms with Gasteiger partial charge in [0, 0.05) is 13.0 Å². The molecule has 0 aliphatic rings. The van der Waals surface area contributed by atoms with Gasteiger partial charge in [-0.15, -0.1) is 0 Å². The van der Waals surface area contributed by atoms with E-state index in [1.807, 2.05) is 6.92 Å². The summed E-state index contributed by atoms with van der Waals surface area (Å²) in [4.78, 5) is 30.9. The zero-order chi connectivity index (χ0) is 16.1. The third kappa shape index (κ3) is 11.4. The van der Waals surface area contributed by atoms with Crippen LogP contribution in [0.15, 0.2) is 0 Å². The van der Waals surface area contributed by atoms with Crippen LogP contribution in [0, 0.1) is 0 Å². The lowest BCUT2D eigenvalue weighted by molar-refractivity contribution is -0.157. The van der Waals surface area contributed by atoms with Crippen molar-refractivity contribution in [2.24, 2.45) is 5.73 Å². The van der Waals surface area contributed by atoms with E-state index in [0.29, 0.717) is 6.42 Å². The van der Waals surface area contributed by atoms with Gasteiger partial charge in [-0.25, -0.2) is 4.57 Å². The lowest BCUT2D eigenvalue weighted by Gasteiger charge is -2.18. The molecular formula is C11H22NO8P. The molecular weight excluding hydrogens is 305 g/mol. The third-order valence-electron chi connectivity index (χ3n) is 2.18. The maximum Gasteiger partial charge on any atom is 0.472 e. The Morgan fingerprint density at radius 3 is 2.67 bits per heavy atom. The van der Waals surface area contributed by atoms with Crippen LogP contribution in [-0.4, -0.2) is 49.8 Å². The number of esters is 1. The average Bonchev–Trinajstić information content (AvgIpc) is 2.46. The summed E-state index contributed by atoms with van der Waals surface area (Å²) in [6.07, 6.45) is 0.689. The lowest BCUT2D eigenvalue weighted by atomic mass is 10.2. The maximum atomic E-state index is 11.5. The van der Waals surface area contributed by atoms with Crippen LogP contribution in [0.1, 0.15) is 26.2 Å². The molecule has 0 aromatic carbocycles. The van der Waals surface area contributed by atoms with Gasteiger partial charge < -0.3 is 20.1 Å². The van der Waals surface area contributed by atoms with Crippen LogP contribution in [0.3, 0.4) is 0 Å². The normalized spacial score (nSPS) is 15.0. The molecule has 2 atom stereocenters. The van der Waals surface area contributed by atoms with E-state index in [1.54, 1.807) is 0 Å². The van der Waals surface area contributed by atoms with Crippen molar-refractivity contribution in [3.05, 3.63) is 0 Å². The van der Waals surface area contributed by atoms with E-state index in [-0.39, 0.29) is 32.7 Å². The summed E-state index contributed by atoms with van der Waals surface area (Å²) in [5.41, 5.74) is 5.13. The maximum absolute atomic E-state index is 11.5. The number of nitrogens with two attached hydrogens (primary N) is 1. The van der Waals surface area contributed by atoms with Crippen LogP contribution >= 0.6 is 7.82 Å². The fraction of sp³-hybridized carbons (Fsp3) is 0.818. The van der Waals surface area contributed by atoms with Gasteiger partial charge in [0.1, 0.15) is 6.61 Å². The molecule has 9 nitrogen and oxygen atoms in total. The van der Waals surface area contributed by atoms with E-state index in [0.717, 1.165) is 6.42 Å². The molecule has 0 amide bonds. The quantitative estimate of drug-likeness (QED) is 0.279. The highest BCUT2D eigenvalue weighted by atomic mass is 31.2. The molecule has 10 heteroatoms. The molecule has 0 aromatic heterocycles. The van der Waals surface area contributed by atoms with Crippen LogP contribution in [0.4, 0.5) is 0 Å². The van der Waals surface area contributed by atoms with Gasteiger partial charge >= 0.3 is 13.8 Å². The third-order valence-corrected chi connectivity index (χ3v) is 3.16. The minimum absolute atomic E-state index is 0.0532. The molecule has 0 bridgehead atoms. The molecule has 0 fully saturated rings. The summed E-state index contributed by atoms with van der Waals surface area (Å²) in [7, 11) is -4.27. The second-order valence-corrected chi connectivity index (χ2v) is 5.48. The summed E-state index contributed by atoms with van der Waals surface area (Å²) < 4.78 is 30.1. The second-order valence-electron chi connectivity index (χ2n) is 4.03. The first-order valence-electron chi connectivity index (χ1n) is 6.51.